The summed E-state index contributed by atoms with van der Waals surface area (Å²) in [4.78, 5) is 52.0. The highest BCUT2D eigenvalue weighted by Crippen LogP contribution is 2.43. The Bertz CT molecular complexity index is 826. The highest BCUT2D eigenvalue weighted by molar-refractivity contribution is 6.40. The van der Waals surface area contributed by atoms with Crippen LogP contribution < -0.4 is 0 Å². The van der Waals surface area contributed by atoms with E-state index < -0.39 is 28.5 Å². The van der Waals surface area contributed by atoms with Gasteiger partial charge in [-0.15, -0.1) is 0 Å². The molecule has 0 aliphatic heterocycles. The second kappa shape index (κ2) is 7.86. The van der Waals surface area contributed by atoms with Gasteiger partial charge in [0.25, 0.3) is 0 Å². The lowest BCUT2D eigenvalue weighted by Crippen LogP contribution is -2.59. The highest BCUT2D eigenvalue weighted by Gasteiger charge is 2.61. The van der Waals surface area contributed by atoms with Crippen LogP contribution in [0.25, 0.3) is 0 Å². The quantitative estimate of drug-likeness (QED) is 0.751. The Kier molecular flexibility index (Phi) is 5.27. The molecule has 4 rings (SSSR count). The second-order valence-electron chi connectivity index (χ2n) is 8.37. The number of rotatable bonds is 4. The molecule has 2 fully saturated rings. The average Bonchev–Trinajstić information content (AvgIpc) is 2.69. The van der Waals surface area contributed by atoms with Gasteiger partial charge < -0.3 is 0 Å². The number of carbonyl (C=O) groups is 4. The van der Waals surface area contributed by atoms with Crippen molar-refractivity contribution in [3.8, 4) is 0 Å². The van der Waals surface area contributed by atoms with Crippen LogP contribution in [0.2, 0.25) is 0 Å². The largest absolute Gasteiger partial charge is 0.298 e. The minimum absolute atomic E-state index is 0.113. The van der Waals surface area contributed by atoms with Crippen LogP contribution in [0.15, 0.2) is 60.7 Å². The molecule has 2 aromatic carbocycles. The standard InChI is InChI=1S/C25H24O4/c26-21-13-19(11-17-7-3-1-4-8-17)14-22(27)25(21)23(28)15-20(16-24(25)29)12-18-9-5-2-6-10-18/h1-10,19-20H,11-16H2. The number of carbonyl (C=O) groups excluding carboxylic acids is 4. The van der Waals surface area contributed by atoms with Gasteiger partial charge in [-0.25, -0.2) is 0 Å². The van der Waals surface area contributed by atoms with Gasteiger partial charge in [-0.05, 0) is 35.8 Å². The number of benzene rings is 2. The Balaban J connectivity index is 1.49. The van der Waals surface area contributed by atoms with Gasteiger partial charge >= 0.3 is 0 Å². The van der Waals surface area contributed by atoms with E-state index in [1.54, 1.807) is 0 Å². The number of ketones is 4. The molecule has 148 valence electrons. The van der Waals surface area contributed by atoms with Crippen molar-refractivity contribution in [1.29, 1.82) is 0 Å². The van der Waals surface area contributed by atoms with Crippen molar-refractivity contribution >= 4 is 23.1 Å². The Labute approximate surface area is 170 Å². The first-order valence-electron chi connectivity index (χ1n) is 10.2. The van der Waals surface area contributed by atoms with Crippen LogP contribution in [-0.4, -0.2) is 23.1 Å². The molecule has 4 heteroatoms. The lowest BCUT2D eigenvalue weighted by molar-refractivity contribution is -0.161. The van der Waals surface area contributed by atoms with E-state index in [0.717, 1.165) is 11.1 Å². The van der Waals surface area contributed by atoms with Gasteiger partial charge in [0.05, 0.1) is 0 Å². The van der Waals surface area contributed by atoms with Crippen molar-refractivity contribution in [2.45, 2.75) is 38.5 Å². The molecule has 2 aromatic rings. The van der Waals surface area contributed by atoms with E-state index in [-0.39, 0.29) is 37.5 Å². The van der Waals surface area contributed by atoms with E-state index >= 15 is 0 Å². The Morgan fingerprint density at radius 1 is 0.552 bits per heavy atom. The molecule has 0 atom stereocenters. The van der Waals surface area contributed by atoms with E-state index in [0.29, 0.717) is 12.8 Å². The first-order valence-corrected chi connectivity index (χ1v) is 10.2. The Morgan fingerprint density at radius 3 is 1.17 bits per heavy atom. The van der Waals surface area contributed by atoms with Crippen LogP contribution in [0, 0.1) is 17.3 Å². The van der Waals surface area contributed by atoms with Gasteiger partial charge in [-0.2, -0.15) is 0 Å². The molecule has 0 heterocycles. The maximum absolute atomic E-state index is 13.0. The summed E-state index contributed by atoms with van der Waals surface area (Å²) in [6.07, 6.45) is 1.66. The summed E-state index contributed by atoms with van der Waals surface area (Å²) >= 11 is 0. The van der Waals surface area contributed by atoms with Crippen LogP contribution in [0.4, 0.5) is 0 Å². The third-order valence-electron chi connectivity index (χ3n) is 6.30. The second-order valence-corrected chi connectivity index (χ2v) is 8.37. The minimum Gasteiger partial charge on any atom is -0.298 e. The fourth-order valence-electron chi connectivity index (χ4n) is 4.92. The number of hydrogen-bond acceptors (Lipinski definition) is 4. The summed E-state index contributed by atoms with van der Waals surface area (Å²) in [5.74, 6) is -2.23. The van der Waals surface area contributed by atoms with Gasteiger partial charge in [0, 0.05) is 25.7 Å². The minimum atomic E-state index is -2.01. The van der Waals surface area contributed by atoms with E-state index in [2.05, 4.69) is 0 Å². The summed E-state index contributed by atoms with van der Waals surface area (Å²) in [7, 11) is 0. The van der Waals surface area contributed by atoms with Crippen LogP contribution in [0.3, 0.4) is 0 Å². The molecular weight excluding hydrogens is 364 g/mol. The van der Waals surface area contributed by atoms with Gasteiger partial charge in [0.2, 0.25) is 5.41 Å². The van der Waals surface area contributed by atoms with Crippen molar-refractivity contribution in [3.05, 3.63) is 71.8 Å². The van der Waals surface area contributed by atoms with Gasteiger partial charge in [-0.1, -0.05) is 60.7 Å². The predicted octanol–water partition coefficient (Wildman–Crippen LogP) is 3.55. The molecule has 0 saturated heterocycles. The van der Waals surface area contributed by atoms with E-state index in [4.69, 9.17) is 0 Å². The molecule has 2 aliphatic rings. The van der Waals surface area contributed by atoms with Crippen molar-refractivity contribution in [1.82, 2.24) is 0 Å². The van der Waals surface area contributed by atoms with Gasteiger partial charge in [0.15, 0.2) is 23.1 Å². The fraction of sp³-hybridized carbons (Fsp3) is 0.360. The maximum atomic E-state index is 13.0. The molecule has 2 aliphatic carbocycles. The molecule has 2 saturated carbocycles. The average molecular weight is 388 g/mol. The van der Waals surface area contributed by atoms with Crippen LogP contribution >= 0.6 is 0 Å². The highest BCUT2D eigenvalue weighted by atomic mass is 16.2. The topological polar surface area (TPSA) is 68.3 Å². The predicted molar refractivity (Wildman–Crippen MR) is 108 cm³/mol. The lowest BCUT2D eigenvalue weighted by Gasteiger charge is -2.39. The summed E-state index contributed by atoms with van der Waals surface area (Å²) < 4.78 is 0. The zero-order chi connectivity index (χ0) is 20.4. The summed E-state index contributed by atoms with van der Waals surface area (Å²) in [5.41, 5.74) is 0.0944. The molecule has 0 unspecified atom stereocenters. The van der Waals surface area contributed by atoms with E-state index in [9.17, 15) is 19.2 Å². The van der Waals surface area contributed by atoms with E-state index in [1.807, 2.05) is 60.7 Å². The first kappa shape index (κ1) is 19.4. The summed E-state index contributed by atoms with van der Waals surface area (Å²) in [6, 6.07) is 19.4. The van der Waals surface area contributed by atoms with Crippen molar-refractivity contribution in [3.63, 3.8) is 0 Å². The molecule has 0 amide bonds. The normalized spacial score (nSPS) is 27.4. The molecular formula is C25H24O4. The van der Waals surface area contributed by atoms with Crippen molar-refractivity contribution in [2.75, 3.05) is 0 Å². The SMILES string of the molecule is O=C1CC(Cc2ccccc2)CC(=O)C12C(=O)CC(Cc1ccccc1)CC2=O. The number of Topliss-reactive ketones (excluding diaryl/α,β-unsaturated/α-hetero) is 4. The molecule has 0 N–H and O–H groups in total. The van der Waals surface area contributed by atoms with Crippen LogP contribution in [0.1, 0.15) is 36.8 Å². The summed E-state index contributed by atoms with van der Waals surface area (Å²) in [5, 5.41) is 0. The zero-order valence-corrected chi connectivity index (χ0v) is 16.3. The lowest BCUT2D eigenvalue weighted by atomic mass is 9.57. The molecule has 0 aromatic heterocycles. The smallest absolute Gasteiger partial charge is 0.203 e. The molecule has 1 spiro atoms. The maximum Gasteiger partial charge on any atom is 0.203 e. The zero-order valence-electron chi connectivity index (χ0n) is 16.3. The third kappa shape index (κ3) is 3.59. The van der Waals surface area contributed by atoms with Crippen molar-refractivity contribution < 1.29 is 19.2 Å². The van der Waals surface area contributed by atoms with Gasteiger partial charge in [-0.3, -0.25) is 19.2 Å². The summed E-state index contributed by atoms with van der Waals surface area (Å²) in [6.45, 7) is 0. The monoisotopic (exact) mass is 388 g/mol. The fourth-order valence-corrected chi connectivity index (χ4v) is 4.92. The number of hydrogen-bond donors (Lipinski definition) is 0. The van der Waals surface area contributed by atoms with Crippen molar-refractivity contribution in [2.24, 2.45) is 17.3 Å². The van der Waals surface area contributed by atoms with Crippen LogP contribution in [0.5, 0.6) is 0 Å². The Hall–Kier alpha value is -2.88. The van der Waals surface area contributed by atoms with Gasteiger partial charge in [0.1, 0.15) is 0 Å². The molecule has 0 bridgehead atoms. The molecule has 4 nitrogen and oxygen atoms in total. The third-order valence-corrected chi connectivity index (χ3v) is 6.30. The van der Waals surface area contributed by atoms with Crippen LogP contribution in [-0.2, 0) is 32.0 Å². The Morgan fingerprint density at radius 2 is 0.862 bits per heavy atom. The first-order chi connectivity index (χ1) is 14.0. The molecule has 29 heavy (non-hydrogen) atoms. The van der Waals surface area contributed by atoms with E-state index in [1.165, 1.54) is 0 Å². The molecule has 0 radical (unpaired) electrons.